The molecule has 3 N–H and O–H groups in total. The molecular formula is C14H12BrCl2FN2. The summed E-state index contributed by atoms with van der Waals surface area (Å²) in [5, 5.41) is 1.16. The topological polar surface area (TPSA) is 38.0 Å². The number of hydrogen-bond acceptors (Lipinski definition) is 2. The zero-order valence-corrected chi connectivity index (χ0v) is 13.4. The number of benzene rings is 2. The third kappa shape index (κ3) is 3.71. The van der Waals surface area contributed by atoms with Crippen molar-refractivity contribution in [3.63, 3.8) is 0 Å². The van der Waals surface area contributed by atoms with E-state index in [9.17, 15) is 4.39 Å². The summed E-state index contributed by atoms with van der Waals surface area (Å²) < 4.78 is 14.7. The molecule has 0 bridgehead atoms. The zero-order valence-electron chi connectivity index (χ0n) is 10.3. The third-order valence-corrected chi connectivity index (χ3v) is 4.07. The van der Waals surface area contributed by atoms with Crippen LogP contribution in [-0.2, 0) is 6.42 Å². The summed E-state index contributed by atoms with van der Waals surface area (Å²) in [7, 11) is 0. The minimum Gasteiger partial charge on any atom is -0.271 e. The molecule has 0 amide bonds. The van der Waals surface area contributed by atoms with Crippen molar-refractivity contribution in [2.75, 3.05) is 0 Å². The van der Waals surface area contributed by atoms with Gasteiger partial charge < -0.3 is 0 Å². The lowest BCUT2D eigenvalue weighted by Crippen LogP contribution is -2.30. The first-order valence-electron chi connectivity index (χ1n) is 5.86. The summed E-state index contributed by atoms with van der Waals surface area (Å²) in [4.78, 5) is 0. The second kappa shape index (κ2) is 6.87. The molecule has 0 heterocycles. The number of hydrazine groups is 1. The molecule has 0 aliphatic carbocycles. The van der Waals surface area contributed by atoms with Crippen LogP contribution in [0.4, 0.5) is 4.39 Å². The molecule has 0 aliphatic heterocycles. The Kier molecular flexibility index (Phi) is 5.41. The first-order chi connectivity index (χ1) is 9.51. The van der Waals surface area contributed by atoms with E-state index in [1.165, 1.54) is 6.07 Å². The van der Waals surface area contributed by atoms with Gasteiger partial charge in [-0.05, 0) is 42.3 Å². The number of hydrogen-bond donors (Lipinski definition) is 2. The smallest absolute Gasteiger partial charge is 0.129 e. The quantitative estimate of drug-likeness (QED) is 0.601. The Labute approximate surface area is 135 Å². The molecule has 0 spiro atoms. The van der Waals surface area contributed by atoms with Crippen LogP contribution in [-0.4, -0.2) is 0 Å². The minimum atomic E-state index is -0.390. The zero-order chi connectivity index (χ0) is 14.7. The second-order valence-corrected chi connectivity index (χ2v) is 6.08. The SMILES string of the molecule is NNC(Cc1cc(Cl)ccc1Cl)c1ccc(Br)cc1F. The normalized spacial score (nSPS) is 12.4. The molecule has 6 heteroatoms. The van der Waals surface area contributed by atoms with Crippen LogP contribution in [0.25, 0.3) is 0 Å². The number of halogens is 4. The Morgan fingerprint density at radius 3 is 2.60 bits per heavy atom. The highest BCUT2D eigenvalue weighted by Crippen LogP contribution is 2.28. The fourth-order valence-corrected chi connectivity index (χ4v) is 2.68. The van der Waals surface area contributed by atoms with Gasteiger partial charge in [0.1, 0.15) is 5.82 Å². The predicted molar refractivity (Wildman–Crippen MR) is 84.3 cm³/mol. The van der Waals surface area contributed by atoms with Crippen molar-refractivity contribution in [2.24, 2.45) is 5.84 Å². The van der Waals surface area contributed by atoms with Gasteiger partial charge in [-0.25, -0.2) is 4.39 Å². The van der Waals surface area contributed by atoms with E-state index >= 15 is 0 Å². The molecular weight excluding hydrogens is 366 g/mol. The van der Waals surface area contributed by atoms with Gasteiger partial charge in [0.15, 0.2) is 0 Å². The Balaban J connectivity index is 2.31. The summed E-state index contributed by atoms with van der Waals surface area (Å²) in [6, 6.07) is 9.64. The van der Waals surface area contributed by atoms with Crippen LogP contribution in [0.2, 0.25) is 10.0 Å². The highest BCUT2D eigenvalue weighted by molar-refractivity contribution is 9.10. The van der Waals surface area contributed by atoms with Gasteiger partial charge in [-0.15, -0.1) is 0 Å². The van der Waals surface area contributed by atoms with Crippen molar-refractivity contribution in [2.45, 2.75) is 12.5 Å². The average Bonchev–Trinajstić information content (AvgIpc) is 2.40. The van der Waals surface area contributed by atoms with Crippen LogP contribution >= 0.6 is 39.1 Å². The predicted octanol–water partition coefficient (Wildman–Crippen LogP) is 4.64. The molecule has 0 radical (unpaired) electrons. The summed E-state index contributed by atoms with van der Waals surface area (Å²) in [5.74, 6) is 5.21. The minimum absolute atomic E-state index is 0.333. The van der Waals surface area contributed by atoms with Crippen molar-refractivity contribution in [3.05, 3.63) is 67.9 Å². The van der Waals surface area contributed by atoms with Crippen LogP contribution in [0.1, 0.15) is 17.2 Å². The van der Waals surface area contributed by atoms with Gasteiger partial charge in [0, 0.05) is 20.1 Å². The lowest BCUT2D eigenvalue weighted by atomic mass is 9.99. The molecule has 20 heavy (non-hydrogen) atoms. The van der Waals surface area contributed by atoms with Crippen molar-refractivity contribution in [3.8, 4) is 0 Å². The Bertz CT molecular complexity index is 622. The molecule has 0 saturated carbocycles. The van der Waals surface area contributed by atoms with E-state index in [1.54, 1.807) is 30.3 Å². The number of nitrogens with one attached hydrogen (secondary N) is 1. The van der Waals surface area contributed by atoms with E-state index in [1.807, 2.05) is 0 Å². The molecule has 1 unspecified atom stereocenters. The second-order valence-electron chi connectivity index (χ2n) is 4.32. The van der Waals surface area contributed by atoms with Crippen LogP contribution in [0, 0.1) is 5.82 Å². The van der Waals surface area contributed by atoms with E-state index < -0.39 is 0 Å². The van der Waals surface area contributed by atoms with E-state index in [2.05, 4.69) is 21.4 Å². The molecule has 2 aromatic rings. The third-order valence-electron chi connectivity index (χ3n) is 2.97. The lowest BCUT2D eigenvalue weighted by molar-refractivity contribution is 0.510. The Hall–Kier alpha value is -0.650. The van der Waals surface area contributed by atoms with E-state index in [4.69, 9.17) is 29.0 Å². The highest BCUT2D eigenvalue weighted by Gasteiger charge is 2.17. The summed E-state index contributed by atoms with van der Waals surface area (Å²) in [6.45, 7) is 0. The van der Waals surface area contributed by atoms with Gasteiger partial charge in [0.05, 0.1) is 6.04 Å². The van der Waals surface area contributed by atoms with Crippen LogP contribution in [0.5, 0.6) is 0 Å². The molecule has 2 aromatic carbocycles. The summed E-state index contributed by atoms with van der Waals surface area (Å²) >= 11 is 15.3. The van der Waals surface area contributed by atoms with E-state index in [0.717, 1.165) is 5.56 Å². The maximum absolute atomic E-state index is 14.0. The van der Waals surface area contributed by atoms with Crippen LogP contribution in [0.3, 0.4) is 0 Å². The number of nitrogens with two attached hydrogens (primary N) is 1. The average molecular weight is 378 g/mol. The van der Waals surface area contributed by atoms with Gasteiger partial charge in [-0.1, -0.05) is 45.2 Å². The van der Waals surface area contributed by atoms with Crippen molar-refractivity contribution in [1.29, 1.82) is 0 Å². The fraction of sp³-hybridized carbons (Fsp3) is 0.143. The van der Waals surface area contributed by atoms with Crippen LogP contribution < -0.4 is 11.3 Å². The van der Waals surface area contributed by atoms with Gasteiger partial charge >= 0.3 is 0 Å². The molecule has 0 aromatic heterocycles. The standard InChI is InChI=1S/C14H12BrCl2FN2/c15-9-1-3-11(13(18)7-9)14(20-19)6-8-5-10(16)2-4-12(8)17/h1-5,7,14,20H,6,19H2. The highest BCUT2D eigenvalue weighted by atomic mass is 79.9. The van der Waals surface area contributed by atoms with E-state index in [-0.39, 0.29) is 11.9 Å². The molecule has 0 aliphatic rings. The maximum Gasteiger partial charge on any atom is 0.129 e. The number of rotatable bonds is 4. The Morgan fingerprint density at radius 2 is 1.95 bits per heavy atom. The molecule has 2 rings (SSSR count). The van der Waals surface area contributed by atoms with Crippen LogP contribution in [0.15, 0.2) is 40.9 Å². The first kappa shape index (κ1) is 15.7. The summed E-state index contributed by atoms with van der Waals surface area (Å²) in [5.41, 5.74) is 3.90. The maximum atomic E-state index is 14.0. The first-order valence-corrected chi connectivity index (χ1v) is 7.41. The Morgan fingerprint density at radius 1 is 1.20 bits per heavy atom. The molecule has 0 fully saturated rings. The van der Waals surface area contributed by atoms with E-state index in [0.29, 0.717) is 26.5 Å². The van der Waals surface area contributed by atoms with Gasteiger partial charge in [0.25, 0.3) is 0 Å². The molecule has 2 nitrogen and oxygen atoms in total. The largest absolute Gasteiger partial charge is 0.271 e. The van der Waals surface area contributed by atoms with Crippen molar-refractivity contribution in [1.82, 2.24) is 5.43 Å². The van der Waals surface area contributed by atoms with Gasteiger partial charge in [-0.2, -0.15) is 0 Å². The molecule has 106 valence electrons. The van der Waals surface area contributed by atoms with Gasteiger partial charge in [0.2, 0.25) is 0 Å². The summed E-state index contributed by atoms with van der Waals surface area (Å²) in [6.07, 6.45) is 0.439. The van der Waals surface area contributed by atoms with Crippen molar-refractivity contribution < 1.29 is 4.39 Å². The lowest BCUT2D eigenvalue weighted by Gasteiger charge is -2.18. The molecule has 1 atom stereocenters. The van der Waals surface area contributed by atoms with Crippen molar-refractivity contribution >= 4 is 39.1 Å². The monoisotopic (exact) mass is 376 g/mol. The van der Waals surface area contributed by atoms with Gasteiger partial charge in [-0.3, -0.25) is 11.3 Å². The molecule has 0 saturated heterocycles. The fourth-order valence-electron chi connectivity index (χ4n) is 1.96.